The zero-order valence-corrected chi connectivity index (χ0v) is 12.2. The smallest absolute Gasteiger partial charge is 0.276 e. The Labute approximate surface area is 124 Å². The van der Waals surface area contributed by atoms with Crippen molar-refractivity contribution in [3.05, 3.63) is 34.9 Å². The van der Waals surface area contributed by atoms with Crippen molar-refractivity contribution in [2.45, 2.75) is 13.3 Å². The minimum atomic E-state index is -0.183. The summed E-state index contributed by atoms with van der Waals surface area (Å²) in [6.45, 7) is 4.97. The third kappa shape index (κ3) is 2.22. The molecule has 1 fully saturated rings. The van der Waals surface area contributed by atoms with Crippen molar-refractivity contribution in [2.24, 2.45) is 0 Å². The molecule has 5 nitrogen and oxygen atoms in total. The van der Waals surface area contributed by atoms with Gasteiger partial charge in [-0.1, -0.05) is 19.1 Å². The summed E-state index contributed by atoms with van der Waals surface area (Å²) in [4.78, 5) is 24.9. The lowest BCUT2D eigenvalue weighted by Gasteiger charge is -2.33. The van der Waals surface area contributed by atoms with Crippen molar-refractivity contribution in [3.8, 4) is 0 Å². The van der Waals surface area contributed by atoms with E-state index in [9.17, 15) is 9.59 Å². The van der Waals surface area contributed by atoms with Crippen LogP contribution in [0.2, 0.25) is 0 Å². The zero-order valence-electron chi connectivity index (χ0n) is 11.4. The number of fused-ring (bicyclic) bond motifs is 1. The fraction of sp³-hybridized carbons (Fsp3) is 0.429. The molecule has 2 amide bonds. The number of rotatable bonds is 2. The van der Waals surface area contributed by atoms with E-state index >= 15 is 0 Å². The second-order valence-corrected chi connectivity index (χ2v) is 4.82. The van der Waals surface area contributed by atoms with Gasteiger partial charge in [0.05, 0.1) is 11.1 Å². The van der Waals surface area contributed by atoms with Crippen LogP contribution >= 0.6 is 12.4 Å². The Kier molecular flexibility index (Phi) is 4.42. The van der Waals surface area contributed by atoms with Gasteiger partial charge in [0.2, 0.25) is 0 Å². The summed E-state index contributed by atoms with van der Waals surface area (Å²) in [5, 5.41) is 6.39. The van der Waals surface area contributed by atoms with Gasteiger partial charge in [-0.3, -0.25) is 9.59 Å². The van der Waals surface area contributed by atoms with Gasteiger partial charge in [-0.05, 0) is 18.1 Å². The molecule has 2 heterocycles. The number of imide groups is 1. The summed E-state index contributed by atoms with van der Waals surface area (Å²) in [5.41, 5.74) is 2.09. The number of aryl methyl sites for hydroxylation is 1. The maximum atomic E-state index is 12.5. The normalized spacial score (nSPS) is 18.9. The highest BCUT2D eigenvalue weighted by Crippen LogP contribution is 2.27. The molecule has 1 N–H and O–H groups in total. The van der Waals surface area contributed by atoms with Gasteiger partial charge >= 0.3 is 0 Å². The van der Waals surface area contributed by atoms with Crippen LogP contribution in [0.25, 0.3) is 0 Å². The summed E-state index contributed by atoms with van der Waals surface area (Å²) in [7, 11) is 0. The molecule has 0 bridgehead atoms. The van der Waals surface area contributed by atoms with Crippen molar-refractivity contribution in [2.75, 3.05) is 26.2 Å². The lowest BCUT2D eigenvalue weighted by molar-refractivity contribution is -0.00359. The Morgan fingerprint density at radius 3 is 2.50 bits per heavy atom. The van der Waals surface area contributed by atoms with Crippen LogP contribution in [-0.2, 0) is 6.42 Å². The van der Waals surface area contributed by atoms with Gasteiger partial charge in [0.1, 0.15) is 0 Å². The van der Waals surface area contributed by atoms with Gasteiger partial charge in [0.25, 0.3) is 11.8 Å². The van der Waals surface area contributed by atoms with Crippen LogP contribution in [0.5, 0.6) is 0 Å². The lowest BCUT2D eigenvalue weighted by Crippen LogP contribution is -2.54. The Morgan fingerprint density at radius 1 is 1.15 bits per heavy atom. The molecule has 0 unspecified atom stereocenters. The molecule has 0 saturated carbocycles. The lowest BCUT2D eigenvalue weighted by atomic mass is 10.0. The van der Waals surface area contributed by atoms with Gasteiger partial charge in [-0.2, -0.15) is 0 Å². The molecule has 0 aromatic heterocycles. The zero-order chi connectivity index (χ0) is 13.4. The second kappa shape index (κ2) is 5.91. The van der Waals surface area contributed by atoms with E-state index in [1.54, 1.807) is 6.07 Å². The van der Waals surface area contributed by atoms with Crippen LogP contribution in [0.4, 0.5) is 0 Å². The first-order chi connectivity index (χ1) is 9.24. The summed E-state index contributed by atoms with van der Waals surface area (Å²) in [6, 6.07) is 5.52. The summed E-state index contributed by atoms with van der Waals surface area (Å²) in [6.07, 6.45) is 0.761. The molecule has 2 aliphatic rings. The number of carbonyl (C=O) groups is 2. The molecule has 6 heteroatoms. The van der Waals surface area contributed by atoms with Gasteiger partial charge < -0.3 is 5.32 Å². The number of nitrogens with zero attached hydrogens (tertiary/aromatic N) is 2. The van der Waals surface area contributed by atoms with Gasteiger partial charge in [-0.15, -0.1) is 12.4 Å². The van der Waals surface area contributed by atoms with E-state index in [0.29, 0.717) is 24.2 Å². The number of nitrogens with one attached hydrogen (secondary N) is 1. The molecule has 2 aliphatic heterocycles. The van der Waals surface area contributed by atoms with E-state index in [2.05, 4.69) is 5.32 Å². The molecule has 3 rings (SSSR count). The largest absolute Gasteiger partial charge is 0.314 e. The minimum absolute atomic E-state index is 0. The average molecular weight is 296 g/mol. The molecule has 1 aromatic rings. The molecule has 1 aromatic carbocycles. The summed E-state index contributed by atoms with van der Waals surface area (Å²) >= 11 is 0. The predicted molar refractivity (Wildman–Crippen MR) is 78.0 cm³/mol. The number of benzene rings is 1. The fourth-order valence-corrected chi connectivity index (χ4v) is 2.75. The van der Waals surface area contributed by atoms with E-state index in [0.717, 1.165) is 25.1 Å². The number of hydrogen-bond donors (Lipinski definition) is 1. The topological polar surface area (TPSA) is 52.7 Å². The molecule has 0 atom stereocenters. The Morgan fingerprint density at radius 2 is 1.85 bits per heavy atom. The number of halogens is 1. The van der Waals surface area contributed by atoms with E-state index in [1.807, 2.05) is 24.1 Å². The van der Waals surface area contributed by atoms with Crippen LogP contribution < -0.4 is 5.32 Å². The number of piperazine rings is 1. The van der Waals surface area contributed by atoms with E-state index in [4.69, 9.17) is 0 Å². The number of amides is 2. The Bertz CT molecular complexity index is 541. The van der Waals surface area contributed by atoms with Crippen molar-refractivity contribution >= 4 is 24.2 Å². The van der Waals surface area contributed by atoms with Crippen LogP contribution in [0.15, 0.2) is 18.2 Å². The first kappa shape index (κ1) is 15.0. The summed E-state index contributed by atoms with van der Waals surface area (Å²) < 4.78 is 0. The van der Waals surface area contributed by atoms with Crippen molar-refractivity contribution in [1.29, 1.82) is 0 Å². The van der Waals surface area contributed by atoms with Crippen LogP contribution in [0.3, 0.4) is 0 Å². The predicted octanol–water partition coefficient (Wildman–Crippen LogP) is 1.09. The number of hydrazine groups is 1. The third-order valence-corrected chi connectivity index (χ3v) is 3.74. The van der Waals surface area contributed by atoms with Crippen LogP contribution in [0, 0.1) is 0 Å². The fourth-order valence-electron chi connectivity index (χ4n) is 2.75. The van der Waals surface area contributed by atoms with Crippen LogP contribution in [0.1, 0.15) is 33.2 Å². The van der Waals surface area contributed by atoms with Gasteiger partial charge in [0.15, 0.2) is 0 Å². The standard InChI is InChI=1S/C14H17N3O2.ClH/c1-2-10-4-3-5-11-12(10)14(19)17(13(11)18)16-8-6-15-7-9-16;/h3-5,15H,2,6-9H2,1H3;1H. The SMILES string of the molecule is CCc1cccc2c1C(=O)N(N1CCNCC1)C2=O.Cl. The highest BCUT2D eigenvalue weighted by Gasteiger charge is 2.40. The monoisotopic (exact) mass is 295 g/mol. The molecule has 0 spiro atoms. The number of carbonyl (C=O) groups excluding carboxylic acids is 2. The molecule has 1 saturated heterocycles. The van der Waals surface area contributed by atoms with E-state index in [-0.39, 0.29) is 24.2 Å². The van der Waals surface area contributed by atoms with Crippen molar-refractivity contribution < 1.29 is 9.59 Å². The minimum Gasteiger partial charge on any atom is -0.314 e. The third-order valence-electron chi connectivity index (χ3n) is 3.74. The quantitative estimate of drug-likeness (QED) is 0.830. The maximum absolute atomic E-state index is 12.5. The second-order valence-electron chi connectivity index (χ2n) is 4.82. The molecule has 20 heavy (non-hydrogen) atoms. The van der Waals surface area contributed by atoms with E-state index < -0.39 is 0 Å². The molecule has 108 valence electrons. The molecule has 0 radical (unpaired) electrons. The molecule has 0 aliphatic carbocycles. The van der Waals surface area contributed by atoms with Crippen molar-refractivity contribution in [1.82, 2.24) is 15.3 Å². The van der Waals surface area contributed by atoms with Gasteiger partial charge in [-0.25, -0.2) is 10.0 Å². The number of hydrogen-bond acceptors (Lipinski definition) is 4. The highest BCUT2D eigenvalue weighted by atomic mass is 35.5. The average Bonchev–Trinajstić information content (AvgIpc) is 2.72. The summed E-state index contributed by atoms with van der Waals surface area (Å²) in [5.74, 6) is -0.350. The Hall–Kier alpha value is -1.43. The first-order valence-corrected chi connectivity index (χ1v) is 6.70. The maximum Gasteiger partial charge on any atom is 0.276 e. The van der Waals surface area contributed by atoms with E-state index in [1.165, 1.54) is 5.01 Å². The van der Waals surface area contributed by atoms with Crippen LogP contribution in [-0.4, -0.2) is 48.0 Å². The first-order valence-electron chi connectivity index (χ1n) is 6.70. The Balaban J connectivity index is 0.00000147. The molecular weight excluding hydrogens is 278 g/mol. The highest BCUT2D eigenvalue weighted by molar-refractivity contribution is 6.21. The molecular formula is C14H18ClN3O2. The van der Waals surface area contributed by atoms with Crippen molar-refractivity contribution in [3.63, 3.8) is 0 Å². The van der Waals surface area contributed by atoms with Gasteiger partial charge in [0, 0.05) is 26.2 Å².